The Hall–Kier alpha value is -1.57. The number of ether oxygens (including phenoxy) is 1. The van der Waals surface area contributed by atoms with E-state index in [1.54, 1.807) is 6.92 Å². The van der Waals surface area contributed by atoms with Gasteiger partial charge in [0, 0.05) is 0 Å². The average molecular weight is 192 g/mol. The maximum absolute atomic E-state index is 9.18. The minimum absolute atomic E-state index is 0.431. The molecular weight excluding hydrogens is 176 g/mol. The van der Waals surface area contributed by atoms with Crippen LogP contribution in [-0.4, -0.2) is 13.1 Å². The van der Waals surface area contributed by atoms with Crippen LogP contribution >= 0.6 is 0 Å². The predicted octanol–water partition coefficient (Wildman–Crippen LogP) is 2.90. The van der Waals surface area contributed by atoms with Crippen molar-refractivity contribution in [1.29, 1.82) is 0 Å². The van der Waals surface area contributed by atoms with E-state index in [0.29, 0.717) is 13.1 Å². The van der Waals surface area contributed by atoms with Crippen molar-refractivity contribution in [2.75, 3.05) is 6.61 Å². The molecule has 1 aromatic rings. The van der Waals surface area contributed by atoms with E-state index in [0.717, 1.165) is 0 Å². The molecule has 0 bridgehead atoms. The maximum atomic E-state index is 9.18. The van der Waals surface area contributed by atoms with E-state index in [4.69, 9.17) is 0 Å². The Labute approximate surface area is 85.2 Å². The molecule has 2 heteroatoms. The fourth-order valence-electron chi connectivity index (χ4n) is 0.825. The Balaban J connectivity index is 0.000000292. The highest BCUT2D eigenvalue weighted by molar-refractivity contribution is 5.47. The summed E-state index contributed by atoms with van der Waals surface area (Å²) < 4.78 is 4.15. The minimum Gasteiger partial charge on any atom is -0.468 e. The Bertz CT molecular complexity index is 252. The predicted molar refractivity (Wildman–Crippen MR) is 58.8 cm³/mol. The Kier molecular flexibility index (Phi) is 8.45. The largest absolute Gasteiger partial charge is 0.468 e. The lowest BCUT2D eigenvalue weighted by Crippen LogP contribution is -1.80. The third-order valence-corrected chi connectivity index (χ3v) is 1.39. The summed E-state index contributed by atoms with van der Waals surface area (Å²) in [7, 11) is 0. The van der Waals surface area contributed by atoms with Gasteiger partial charge in [-0.05, 0) is 19.4 Å². The fourth-order valence-corrected chi connectivity index (χ4v) is 0.825. The molecule has 76 valence electrons. The Morgan fingerprint density at radius 1 is 1.29 bits per heavy atom. The molecule has 14 heavy (non-hydrogen) atoms. The molecule has 1 rings (SSSR count). The number of benzene rings is 1. The van der Waals surface area contributed by atoms with Crippen molar-refractivity contribution in [3.05, 3.63) is 42.0 Å². The summed E-state index contributed by atoms with van der Waals surface area (Å²) in [5.74, 6) is 0. The molecule has 0 atom stereocenters. The van der Waals surface area contributed by atoms with Crippen molar-refractivity contribution in [2.45, 2.75) is 13.8 Å². The third kappa shape index (κ3) is 7.10. The molecule has 0 aliphatic carbocycles. The van der Waals surface area contributed by atoms with E-state index in [2.05, 4.69) is 22.9 Å². The molecule has 0 aromatic heterocycles. The number of hydrogen-bond acceptors (Lipinski definition) is 2. The molecule has 0 radical (unpaired) electrons. The van der Waals surface area contributed by atoms with Crippen LogP contribution in [0, 0.1) is 0 Å². The van der Waals surface area contributed by atoms with Gasteiger partial charge in [0.2, 0.25) is 0 Å². The van der Waals surface area contributed by atoms with Crippen molar-refractivity contribution < 1.29 is 9.53 Å². The van der Waals surface area contributed by atoms with E-state index in [9.17, 15) is 4.79 Å². The first-order valence-electron chi connectivity index (χ1n) is 4.58. The monoisotopic (exact) mass is 192 g/mol. The van der Waals surface area contributed by atoms with Crippen molar-refractivity contribution in [3.8, 4) is 0 Å². The summed E-state index contributed by atoms with van der Waals surface area (Å²) in [6, 6.07) is 10.3. The van der Waals surface area contributed by atoms with Crippen molar-refractivity contribution in [3.63, 3.8) is 0 Å². The normalized spacial score (nSPS) is 9.00. The first-order valence-corrected chi connectivity index (χ1v) is 4.58. The quantitative estimate of drug-likeness (QED) is 0.688. The first-order chi connectivity index (χ1) is 6.85. The molecule has 0 aliphatic heterocycles. The number of rotatable bonds is 3. The fraction of sp³-hybridized carbons (Fsp3) is 0.250. The van der Waals surface area contributed by atoms with E-state index in [1.165, 1.54) is 5.56 Å². The van der Waals surface area contributed by atoms with Crippen LogP contribution in [-0.2, 0) is 9.53 Å². The minimum atomic E-state index is 0.431. The zero-order valence-electron chi connectivity index (χ0n) is 8.64. The summed E-state index contributed by atoms with van der Waals surface area (Å²) in [6.45, 7) is 4.69. The first kappa shape index (κ1) is 12.4. The van der Waals surface area contributed by atoms with Crippen LogP contribution in [0.5, 0.6) is 0 Å². The molecular formula is C12H16O2. The number of hydrogen-bond donors (Lipinski definition) is 0. The lowest BCUT2D eigenvalue weighted by Gasteiger charge is -1.86. The van der Waals surface area contributed by atoms with E-state index in [1.807, 2.05) is 31.2 Å². The molecule has 0 N–H and O–H groups in total. The SMILES string of the molecule is CC=Cc1ccccc1.CCOC=O. The highest BCUT2D eigenvalue weighted by atomic mass is 16.5. The van der Waals surface area contributed by atoms with E-state index < -0.39 is 0 Å². The van der Waals surface area contributed by atoms with Gasteiger partial charge >= 0.3 is 0 Å². The second kappa shape index (κ2) is 9.52. The van der Waals surface area contributed by atoms with Crippen LogP contribution in [0.15, 0.2) is 36.4 Å². The topological polar surface area (TPSA) is 26.3 Å². The molecule has 0 spiro atoms. The number of carbonyl (C=O) groups excluding carboxylic acids is 1. The van der Waals surface area contributed by atoms with Crippen LogP contribution < -0.4 is 0 Å². The second-order valence-electron chi connectivity index (χ2n) is 2.46. The van der Waals surface area contributed by atoms with Crippen molar-refractivity contribution in [2.24, 2.45) is 0 Å². The standard InChI is InChI=1S/C9H10.C3H6O2/c1-2-6-9-7-4-3-5-8-9;1-2-5-3-4/h2-8H,1H3;3H,2H2,1H3. The summed E-state index contributed by atoms with van der Waals surface area (Å²) >= 11 is 0. The van der Waals surface area contributed by atoms with Crippen molar-refractivity contribution in [1.82, 2.24) is 0 Å². The lowest BCUT2D eigenvalue weighted by atomic mass is 10.2. The van der Waals surface area contributed by atoms with Gasteiger partial charge in [-0.25, -0.2) is 0 Å². The van der Waals surface area contributed by atoms with Gasteiger partial charge in [0.15, 0.2) is 0 Å². The summed E-state index contributed by atoms with van der Waals surface area (Å²) in [6.07, 6.45) is 4.12. The molecule has 0 saturated heterocycles. The number of allylic oxidation sites excluding steroid dienone is 1. The summed E-state index contributed by atoms with van der Waals surface area (Å²) in [5, 5.41) is 0. The smallest absolute Gasteiger partial charge is 0.293 e. The molecule has 0 amide bonds. The third-order valence-electron chi connectivity index (χ3n) is 1.39. The zero-order valence-corrected chi connectivity index (χ0v) is 8.64. The molecule has 0 unspecified atom stereocenters. The van der Waals surface area contributed by atoms with Gasteiger partial charge in [0.05, 0.1) is 6.61 Å². The molecule has 1 aromatic carbocycles. The lowest BCUT2D eigenvalue weighted by molar-refractivity contribution is -0.128. The molecule has 0 fully saturated rings. The van der Waals surface area contributed by atoms with Crippen LogP contribution in [0.3, 0.4) is 0 Å². The van der Waals surface area contributed by atoms with Crippen LogP contribution in [0.25, 0.3) is 6.08 Å². The van der Waals surface area contributed by atoms with Crippen LogP contribution in [0.1, 0.15) is 19.4 Å². The van der Waals surface area contributed by atoms with Gasteiger partial charge in [-0.3, -0.25) is 4.79 Å². The highest BCUT2D eigenvalue weighted by Gasteiger charge is 1.77. The van der Waals surface area contributed by atoms with Gasteiger partial charge in [0.1, 0.15) is 0 Å². The Morgan fingerprint density at radius 2 is 1.93 bits per heavy atom. The molecule has 0 saturated carbocycles. The van der Waals surface area contributed by atoms with Crippen LogP contribution in [0.2, 0.25) is 0 Å². The van der Waals surface area contributed by atoms with Gasteiger partial charge in [-0.15, -0.1) is 0 Å². The summed E-state index contributed by atoms with van der Waals surface area (Å²) in [5.41, 5.74) is 1.26. The maximum Gasteiger partial charge on any atom is 0.293 e. The van der Waals surface area contributed by atoms with Gasteiger partial charge in [-0.1, -0.05) is 42.5 Å². The molecule has 2 nitrogen and oxygen atoms in total. The van der Waals surface area contributed by atoms with E-state index in [-0.39, 0.29) is 0 Å². The van der Waals surface area contributed by atoms with Gasteiger partial charge in [0.25, 0.3) is 6.47 Å². The number of carbonyl (C=O) groups is 1. The average Bonchev–Trinajstić information content (AvgIpc) is 2.22. The zero-order chi connectivity index (χ0) is 10.6. The van der Waals surface area contributed by atoms with E-state index >= 15 is 0 Å². The molecule has 0 heterocycles. The summed E-state index contributed by atoms with van der Waals surface area (Å²) in [4.78, 5) is 9.18. The van der Waals surface area contributed by atoms with Gasteiger partial charge in [-0.2, -0.15) is 0 Å². The Morgan fingerprint density at radius 3 is 2.29 bits per heavy atom. The van der Waals surface area contributed by atoms with Gasteiger partial charge < -0.3 is 4.74 Å². The molecule has 0 aliphatic rings. The van der Waals surface area contributed by atoms with Crippen LogP contribution in [0.4, 0.5) is 0 Å². The second-order valence-corrected chi connectivity index (χ2v) is 2.46. The van der Waals surface area contributed by atoms with Crippen molar-refractivity contribution >= 4 is 12.5 Å². The highest BCUT2D eigenvalue weighted by Crippen LogP contribution is 1.99.